The fourth-order valence-electron chi connectivity index (χ4n) is 2.71. The zero-order valence-corrected chi connectivity index (χ0v) is 15.3. The van der Waals surface area contributed by atoms with Crippen molar-refractivity contribution in [3.63, 3.8) is 0 Å². The predicted octanol–water partition coefficient (Wildman–Crippen LogP) is 4.60. The third-order valence-corrected chi connectivity index (χ3v) is 3.88. The summed E-state index contributed by atoms with van der Waals surface area (Å²) in [5.74, 6) is 1.39. The van der Waals surface area contributed by atoms with Gasteiger partial charge in [0.1, 0.15) is 17.2 Å². The topological polar surface area (TPSA) is 55.8 Å². The van der Waals surface area contributed by atoms with Crippen molar-refractivity contribution in [2.45, 2.75) is 26.2 Å². The number of phenolic OH excluding ortho intramolecular Hbond substituents is 1. The standard InChI is InChI=1S/C21H24O4/c1-21(2,3)20-15(12-17(24-4)13-19(20)25-5)8-11-18(23)14-6-9-16(22)10-7-14/h6-13,22H,1-5H3/b11-8+. The van der Waals surface area contributed by atoms with Crippen molar-refractivity contribution in [1.29, 1.82) is 0 Å². The highest BCUT2D eigenvalue weighted by atomic mass is 16.5. The lowest BCUT2D eigenvalue weighted by atomic mass is 9.82. The molecule has 0 amide bonds. The monoisotopic (exact) mass is 340 g/mol. The molecule has 0 fully saturated rings. The molecule has 0 saturated carbocycles. The molecule has 0 heterocycles. The largest absolute Gasteiger partial charge is 0.508 e. The van der Waals surface area contributed by atoms with Gasteiger partial charge >= 0.3 is 0 Å². The maximum absolute atomic E-state index is 12.4. The van der Waals surface area contributed by atoms with Crippen molar-refractivity contribution < 1.29 is 19.4 Å². The molecule has 132 valence electrons. The third kappa shape index (κ3) is 4.41. The first-order valence-electron chi connectivity index (χ1n) is 8.04. The molecular weight excluding hydrogens is 316 g/mol. The molecule has 0 aliphatic rings. The van der Waals surface area contributed by atoms with E-state index in [0.29, 0.717) is 11.3 Å². The molecule has 2 aromatic rings. The van der Waals surface area contributed by atoms with E-state index in [1.54, 1.807) is 32.4 Å². The van der Waals surface area contributed by atoms with Crippen molar-refractivity contribution in [3.05, 3.63) is 59.2 Å². The van der Waals surface area contributed by atoms with Gasteiger partial charge < -0.3 is 14.6 Å². The van der Waals surface area contributed by atoms with Gasteiger partial charge in [0.15, 0.2) is 5.78 Å². The SMILES string of the molecule is COc1cc(/C=C/C(=O)c2ccc(O)cc2)c(C(C)(C)C)c(OC)c1. The number of carbonyl (C=O) groups excluding carboxylic acids is 1. The van der Waals surface area contributed by atoms with Crippen LogP contribution in [-0.4, -0.2) is 25.1 Å². The van der Waals surface area contributed by atoms with Crippen LogP contribution in [0.15, 0.2) is 42.5 Å². The first-order valence-corrected chi connectivity index (χ1v) is 8.04. The quantitative estimate of drug-likeness (QED) is 0.638. The average molecular weight is 340 g/mol. The highest BCUT2D eigenvalue weighted by Gasteiger charge is 2.23. The van der Waals surface area contributed by atoms with Gasteiger partial charge in [0.25, 0.3) is 0 Å². The van der Waals surface area contributed by atoms with Crippen LogP contribution < -0.4 is 9.47 Å². The minimum absolute atomic E-state index is 0.132. The Bertz CT molecular complexity index is 781. The van der Waals surface area contributed by atoms with E-state index in [1.807, 2.05) is 12.1 Å². The van der Waals surface area contributed by atoms with E-state index in [2.05, 4.69) is 20.8 Å². The van der Waals surface area contributed by atoms with E-state index < -0.39 is 0 Å². The number of methoxy groups -OCH3 is 2. The van der Waals surface area contributed by atoms with E-state index in [1.165, 1.54) is 18.2 Å². The summed E-state index contributed by atoms with van der Waals surface area (Å²) in [5.41, 5.74) is 2.22. The van der Waals surface area contributed by atoms with Gasteiger partial charge in [0, 0.05) is 17.2 Å². The summed E-state index contributed by atoms with van der Waals surface area (Å²) in [6.45, 7) is 6.28. The van der Waals surface area contributed by atoms with Crippen molar-refractivity contribution in [1.82, 2.24) is 0 Å². The van der Waals surface area contributed by atoms with Crippen LogP contribution in [0.25, 0.3) is 6.08 Å². The molecule has 0 bridgehead atoms. The maximum Gasteiger partial charge on any atom is 0.185 e. The number of phenols is 1. The molecule has 0 unspecified atom stereocenters. The van der Waals surface area contributed by atoms with Crippen molar-refractivity contribution in [2.24, 2.45) is 0 Å². The number of rotatable bonds is 5. The van der Waals surface area contributed by atoms with Crippen LogP contribution in [0.5, 0.6) is 17.2 Å². The highest BCUT2D eigenvalue weighted by Crippen LogP contribution is 2.38. The van der Waals surface area contributed by atoms with Gasteiger partial charge in [-0.3, -0.25) is 4.79 Å². The van der Waals surface area contributed by atoms with Gasteiger partial charge in [0.2, 0.25) is 0 Å². The number of ketones is 1. The van der Waals surface area contributed by atoms with Gasteiger partial charge in [-0.2, -0.15) is 0 Å². The maximum atomic E-state index is 12.4. The number of carbonyl (C=O) groups is 1. The van der Waals surface area contributed by atoms with Crippen LogP contribution in [0.2, 0.25) is 0 Å². The Morgan fingerprint density at radius 2 is 1.68 bits per heavy atom. The first kappa shape index (κ1) is 18.6. The fraction of sp³-hybridized carbons (Fsp3) is 0.286. The zero-order valence-electron chi connectivity index (χ0n) is 15.3. The Labute approximate surface area is 148 Å². The molecule has 2 aromatic carbocycles. The summed E-state index contributed by atoms with van der Waals surface area (Å²) >= 11 is 0. The second-order valence-corrected chi connectivity index (χ2v) is 6.79. The third-order valence-electron chi connectivity index (χ3n) is 3.88. The zero-order chi connectivity index (χ0) is 18.6. The van der Waals surface area contributed by atoms with Gasteiger partial charge in [0.05, 0.1) is 14.2 Å². The number of ether oxygens (including phenoxy) is 2. The Kier molecular flexibility index (Phi) is 5.52. The fourth-order valence-corrected chi connectivity index (χ4v) is 2.71. The molecule has 1 N–H and O–H groups in total. The van der Waals surface area contributed by atoms with Crippen LogP contribution in [-0.2, 0) is 5.41 Å². The molecular formula is C21H24O4. The lowest BCUT2D eigenvalue weighted by Gasteiger charge is -2.25. The molecule has 0 spiro atoms. The Morgan fingerprint density at radius 3 is 2.20 bits per heavy atom. The molecule has 0 aromatic heterocycles. The molecule has 2 rings (SSSR count). The van der Waals surface area contributed by atoms with Crippen LogP contribution in [0.1, 0.15) is 42.3 Å². The lowest BCUT2D eigenvalue weighted by Crippen LogP contribution is -2.15. The van der Waals surface area contributed by atoms with E-state index in [0.717, 1.165) is 16.9 Å². The molecule has 0 radical (unpaired) electrons. The van der Waals surface area contributed by atoms with E-state index in [4.69, 9.17) is 9.47 Å². The average Bonchev–Trinajstić information content (AvgIpc) is 2.58. The van der Waals surface area contributed by atoms with Crippen LogP contribution in [0, 0.1) is 0 Å². The normalized spacial score (nSPS) is 11.6. The highest BCUT2D eigenvalue weighted by molar-refractivity contribution is 6.07. The Hall–Kier alpha value is -2.75. The number of benzene rings is 2. The van der Waals surface area contributed by atoms with Crippen molar-refractivity contribution in [3.8, 4) is 17.2 Å². The predicted molar refractivity (Wildman–Crippen MR) is 99.7 cm³/mol. The van der Waals surface area contributed by atoms with Crippen LogP contribution in [0.3, 0.4) is 0 Å². The van der Waals surface area contributed by atoms with Gasteiger partial charge in [-0.05, 0) is 47.4 Å². The van der Waals surface area contributed by atoms with E-state index in [-0.39, 0.29) is 16.9 Å². The van der Waals surface area contributed by atoms with Gasteiger partial charge in [-0.1, -0.05) is 26.8 Å². The summed E-state index contributed by atoms with van der Waals surface area (Å²) in [5, 5.41) is 9.33. The van der Waals surface area contributed by atoms with Gasteiger partial charge in [-0.25, -0.2) is 0 Å². The van der Waals surface area contributed by atoms with Gasteiger partial charge in [-0.15, -0.1) is 0 Å². The van der Waals surface area contributed by atoms with E-state index >= 15 is 0 Å². The summed E-state index contributed by atoms with van der Waals surface area (Å²) in [7, 11) is 3.22. The molecule has 0 aliphatic heterocycles. The summed E-state index contributed by atoms with van der Waals surface area (Å²) < 4.78 is 10.9. The minimum atomic E-state index is -0.168. The number of allylic oxidation sites excluding steroid dienone is 1. The molecule has 0 aliphatic carbocycles. The smallest absolute Gasteiger partial charge is 0.185 e. The minimum Gasteiger partial charge on any atom is -0.508 e. The Balaban J connectivity index is 2.46. The molecule has 0 saturated heterocycles. The number of hydrogen-bond acceptors (Lipinski definition) is 4. The molecule has 0 atom stereocenters. The summed E-state index contributed by atoms with van der Waals surface area (Å²) in [6, 6.07) is 9.92. The molecule has 4 nitrogen and oxygen atoms in total. The van der Waals surface area contributed by atoms with Crippen molar-refractivity contribution >= 4 is 11.9 Å². The second-order valence-electron chi connectivity index (χ2n) is 6.79. The summed E-state index contributed by atoms with van der Waals surface area (Å²) in [6.07, 6.45) is 3.30. The Morgan fingerprint density at radius 1 is 1.04 bits per heavy atom. The first-order chi connectivity index (χ1) is 11.8. The molecule has 25 heavy (non-hydrogen) atoms. The number of hydrogen-bond donors (Lipinski definition) is 1. The second kappa shape index (κ2) is 7.43. The van der Waals surface area contributed by atoms with Crippen LogP contribution in [0.4, 0.5) is 0 Å². The van der Waals surface area contributed by atoms with E-state index in [9.17, 15) is 9.90 Å². The van der Waals surface area contributed by atoms with Crippen molar-refractivity contribution in [2.75, 3.05) is 14.2 Å². The molecule has 4 heteroatoms. The summed E-state index contributed by atoms with van der Waals surface area (Å²) in [4.78, 5) is 12.4. The van der Waals surface area contributed by atoms with Crippen LogP contribution >= 0.6 is 0 Å². The lowest BCUT2D eigenvalue weighted by molar-refractivity contribution is 0.104. The number of aromatic hydroxyl groups is 1.